The molecular formula is C13H23N3O4. The number of amides is 2. The number of ether oxygens (including phenoxy) is 1. The fraction of sp³-hybridized carbons (Fsp3) is 0.769. The van der Waals surface area contributed by atoms with E-state index in [4.69, 9.17) is 15.3 Å². The number of hydrogen-bond acceptors (Lipinski definition) is 5. The van der Waals surface area contributed by atoms with E-state index in [0.717, 1.165) is 0 Å². The zero-order valence-corrected chi connectivity index (χ0v) is 12.7. The Balaban J connectivity index is 2.88. The second kappa shape index (κ2) is 5.68. The number of carbonyl (C=O) groups excluding carboxylic acids is 2. The molecule has 7 nitrogen and oxygen atoms in total. The van der Waals surface area contributed by atoms with Crippen molar-refractivity contribution in [3.63, 3.8) is 0 Å². The molecule has 2 N–H and O–H groups in total. The molecule has 1 unspecified atom stereocenters. The Morgan fingerprint density at radius 3 is 2.45 bits per heavy atom. The monoisotopic (exact) mass is 285 g/mol. The number of carbonyl (C=O) groups is 2. The van der Waals surface area contributed by atoms with Crippen LogP contribution in [0.15, 0.2) is 5.16 Å². The average Bonchev–Trinajstić information content (AvgIpc) is 2.29. The van der Waals surface area contributed by atoms with E-state index >= 15 is 0 Å². The molecule has 1 rings (SSSR count). The number of primary amides is 1. The Hall–Kier alpha value is -1.79. The summed E-state index contributed by atoms with van der Waals surface area (Å²) < 4.78 is 5.31. The topological polar surface area (TPSA) is 94.2 Å². The molecule has 0 saturated carbocycles. The van der Waals surface area contributed by atoms with Gasteiger partial charge >= 0.3 is 6.09 Å². The summed E-state index contributed by atoms with van der Waals surface area (Å²) in [5, 5.41) is 3.85. The molecule has 0 aromatic rings. The molecule has 1 saturated heterocycles. The van der Waals surface area contributed by atoms with E-state index in [1.54, 1.807) is 27.7 Å². The normalized spacial score (nSPS) is 25.4. The van der Waals surface area contributed by atoms with E-state index < -0.39 is 23.0 Å². The summed E-state index contributed by atoms with van der Waals surface area (Å²) in [5.41, 5.74) is 4.41. The summed E-state index contributed by atoms with van der Waals surface area (Å²) in [5.74, 6) is -0.475. The van der Waals surface area contributed by atoms with Gasteiger partial charge in [0.2, 0.25) is 5.91 Å². The lowest BCUT2D eigenvalue weighted by molar-refractivity contribution is -0.124. The first kappa shape index (κ1) is 16.3. The summed E-state index contributed by atoms with van der Waals surface area (Å²) in [4.78, 5) is 29.9. The molecule has 1 aliphatic heterocycles. The van der Waals surface area contributed by atoms with Crippen molar-refractivity contribution in [2.45, 2.75) is 39.7 Å². The van der Waals surface area contributed by atoms with Crippen LogP contribution in [0.3, 0.4) is 0 Å². The number of rotatable bonds is 2. The van der Waals surface area contributed by atoms with Gasteiger partial charge in [0, 0.05) is 6.54 Å². The van der Waals surface area contributed by atoms with E-state index in [1.807, 2.05) is 0 Å². The van der Waals surface area contributed by atoms with Gasteiger partial charge in [0.25, 0.3) is 0 Å². The zero-order valence-electron chi connectivity index (χ0n) is 12.7. The lowest BCUT2D eigenvalue weighted by Gasteiger charge is -2.38. The maximum absolute atomic E-state index is 12.0. The van der Waals surface area contributed by atoms with Crippen LogP contribution in [0.25, 0.3) is 0 Å². The second-order valence-electron chi connectivity index (χ2n) is 6.07. The quantitative estimate of drug-likeness (QED) is 0.769. The van der Waals surface area contributed by atoms with Crippen LogP contribution in [0, 0.1) is 5.41 Å². The molecule has 1 aliphatic rings. The van der Waals surface area contributed by atoms with Crippen molar-refractivity contribution >= 4 is 17.7 Å². The molecule has 0 radical (unpaired) electrons. The van der Waals surface area contributed by atoms with Crippen LogP contribution < -0.4 is 5.73 Å². The first-order valence-electron chi connectivity index (χ1n) is 6.48. The number of hydrogen-bond donors (Lipinski definition) is 1. The summed E-state index contributed by atoms with van der Waals surface area (Å²) >= 11 is 0. The third-order valence-electron chi connectivity index (χ3n) is 3.26. The number of nitrogens with zero attached hydrogens (tertiary/aromatic N) is 2. The molecule has 2 amide bonds. The summed E-state index contributed by atoms with van der Waals surface area (Å²) in [6, 6.07) is 0. The van der Waals surface area contributed by atoms with Gasteiger partial charge in [0.15, 0.2) is 0 Å². The van der Waals surface area contributed by atoms with Crippen molar-refractivity contribution < 1.29 is 19.2 Å². The third kappa shape index (κ3) is 3.61. The van der Waals surface area contributed by atoms with Crippen LogP contribution in [0.4, 0.5) is 4.79 Å². The second-order valence-corrected chi connectivity index (χ2v) is 6.07. The van der Waals surface area contributed by atoms with Crippen molar-refractivity contribution in [1.82, 2.24) is 4.90 Å². The molecule has 0 bridgehead atoms. The van der Waals surface area contributed by atoms with Gasteiger partial charge in [-0.2, -0.15) is 0 Å². The molecule has 1 heterocycles. The average molecular weight is 285 g/mol. The molecule has 114 valence electrons. The molecule has 1 fully saturated rings. The Labute approximate surface area is 119 Å². The van der Waals surface area contributed by atoms with Crippen molar-refractivity contribution in [1.29, 1.82) is 0 Å². The predicted octanol–water partition coefficient (Wildman–Crippen LogP) is 1.12. The lowest BCUT2D eigenvalue weighted by Crippen LogP contribution is -2.54. The van der Waals surface area contributed by atoms with Gasteiger partial charge in [-0.05, 0) is 34.1 Å². The van der Waals surface area contributed by atoms with E-state index in [-0.39, 0.29) is 6.54 Å². The van der Waals surface area contributed by atoms with Crippen molar-refractivity contribution in [2.75, 3.05) is 20.2 Å². The SMILES string of the molecule is CON=C1CN(C(=O)OC(C)(C)C)CCC1(C)C(N)=O. The highest BCUT2D eigenvalue weighted by molar-refractivity contribution is 6.09. The minimum atomic E-state index is -0.894. The van der Waals surface area contributed by atoms with E-state index in [9.17, 15) is 9.59 Å². The highest BCUT2D eigenvalue weighted by Gasteiger charge is 2.43. The number of piperidine rings is 1. The molecule has 20 heavy (non-hydrogen) atoms. The predicted molar refractivity (Wildman–Crippen MR) is 74.2 cm³/mol. The third-order valence-corrected chi connectivity index (χ3v) is 3.26. The van der Waals surface area contributed by atoms with Crippen LogP contribution >= 0.6 is 0 Å². The van der Waals surface area contributed by atoms with E-state index in [2.05, 4.69) is 5.16 Å². The highest BCUT2D eigenvalue weighted by atomic mass is 16.6. The first-order valence-corrected chi connectivity index (χ1v) is 6.48. The van der Waals surface area contributed by atoms with Gasteiger partial charge < -0.3 is 20.2 Å². The molecule has 1 atom stereocenters. The van der Waals surface area contributed by atoms with E-state index in [0.29, 0.717) is 18.7 Å². The van der Waals surface area contributed by atoms with Gasteiger partial charge in [-0.15, -0.1) is 0 Å². The molecule has 0 aromatic heterocycles. The van der Waals surface area contributed by atoms with Crippen LogP contribution in [0.1, 0.15) is 34.1 Å². The molecule has 0 aliphatic carbocycles. The van der Waals surface area contributed by atoms with Gasteiger partial charge in [-0.25, -0.2) is 4.79 Å². The van der Waals surface area contributed by atoms with Gasteiger partial charge in [0.1, 0.15) is 12.7 Å². The number of likely N-dealkylation sites (tertiary alicyclic amines) is 1. The number of oxime groups is 1. The maximum Gasteiger partial charge on any atom is 0.410 e. The Morgan fingerprint density at radius 1 is 1.40 bits per heavy atom. The van der Waals surface area contributed by atoms with Crippen molar-refractivity contribution in [3.05, 3.63) is 0 Å². The number of nitrogens with two attached hydrogens (primary N) is 1. The van der Waals surface area contributed by atoms with Crippen LogP contribution in [0.5, 0.6) is 0 Å². The fourth-order valence-corrected chi connectivity index (χ4v) is 1.92. The molecule has 7 heteroatoms. The van der Waals surface area contributed by atoms with Gasteiger partial charge in [-0.3, -0.25) is 4.79 Å². The van der Waals surface area contributed by atoms with Crippen LogP contribution in [0.2, 0.25) is 0 Å². The maximum atomic E-state index is 12.0. The largest absolute Gasteiger partial charge is 0.444 e. The fourth-order valence-electron chi connectivity index (χ4n) is 1.92. The van der Waals surface area contributed by atoms with Gasteiger partial charge in [0.05, 0.1) is 17.7 Å². The Kier molecular flexibility index (Phi) is 4.62. The van der Waals surface area contributed by atoms with Crippen molar-refractivity contribution in [2.24, 2.45) is 16.3 Å². The first-order chi connectivity index (χ1) is 9.10. The highest BCUT2D eigenvalue weighted by Crippen LogP contribution is 2.29. The smallest absolute Gasteiger partial charge is 0.410 e. The van der Waals surface area contributed by atoms with E-state index in [1.165, 1.54) is 12.0 Å². The summed E-state index contributed by atoms with van der Waals surface area (Å²) in [7, 11) is 1.39. The van der Waals surface area contributed by atoms with Crippen LogP contribution in [-0.2, 0) is 14.4 Å². The molecule has 0 aromatic carbocycles. The zero-order chi connectivity index (χ0) is 15.6. The summed E-state index contributed by atoms with van der Waals surface area (Å²) in [6.07, 6.45) is -0.0446. The molecule has 0 spiro atoms. The molecular weight excluding hydrogens is 262 g/mol. The standard InChI is InChI=1S/C13H23N3O4/c1-12(2,3)20-11(18)16-7-6-13(4,10(14)17)9(8-16)15-19-5/h6-8H2,1-5H3,(H2,14,17). The van der Waals surface area contributed by atoms with Crippen LogP contribution in [-0.4, -0.2) is 48.4 Å². The summed E-state index contributed by atoms with van der Waals surface area (Å²) in [6.45, 7) is 7.66. The Bertz CT molecular complexity index is 428. The lowest BCUT2D eigenvalue weighted by atomic mass is 9.78. The minimum Gasteiger partial charge on any atom is -0.444 e. The minimum absolute atomic E-state index is 0.169. The van der Waals surface area contributed by atoms with Gasteiger partial charge in [-0.1, -0.05) is 5.16 Å². The van der Waals surface area contributed by atoms with Crippen molar-refractivity contribution in [3.8, 4) is 0 Å². The Morgan fingerprint density at radius 2 is 2.00 bits per heavy atom.